The zero-order chi connectivity index (χ0) is 17.6. The number of esters is 1. The number of carbonyl (C=O) groups excluding carboxylic acids is 2. The van der Waals surface area contributed by atoms with E-state index in [1.165, 1.54) is 11.0 Å². The Kier molecular flexibility index (Phi) is 4.79. The van der Waals surface area contributed by atoms with Crippen LogP contribution in [0.15, 0.2) is 54.9 Å². The number of ether oxygens (including phenoxy) is 1. The van der Waals surface area contributed by atoms with Gasteiger partial charge in [-0.25, -0.2) is 9.48 Å². The number of para-hydroxylation sites is 1. The van der Waals surface area contributed by atoms with Crippen LogP contribution in [-0.4, -0.2) is 38.7 Å². The van der Waals surface area contributed by atoms with Crippen LogP contribution in [0.4, 0.5) is 5.69 Å². The molecule has 8 heteroatoms. The normalized spacial score (nSPS) is 10.3. The van der Waals surface area contributed by atoms with E-state index in [4.69, 9.17) is 4.74 Å². The van der Waals surface area contributed by atoms with Crippen LogP contribution < -0.4 is 5.32 Å². The number of hydrogen-bond donors (Lipinski definition) is 1. The number of amides is 1. The fraction of sp³-hybridized carbons (Fsp3) is 0.118. The highest BCUT2D eigenvalue weighted by Gasteiger charge is 2.12. The average Bonchev–Trinajstić information content (AvgIpc) is 3.16. The molecule has 1 aromatic heterocycles. The minimum absolute atomic E-state index is 0.302. The van der Waals surface area contributed by atoms with E-state index in [1.54, 1.807) is 30.3 Å². The highest BCUT2D eigenvalue weighted by molar-refractivity contribution is 5.96. The Hall–Kier alpha value is -3.55. The Bertz CT molecular complexity index is 893. The van der Waals surface area contributed by atoms with E-state index >= 15 is 0 Å². The molecule has 2 aromatic carbocycles. The summed E-state index contributed by atoms with van der Waals surface area (Å²) in [6.45, 7) is 1.51. The Labute approximate surface area is 143 Å². The van der Waals surface area contributed by atoms with Gasteiger partial charge in [-0.15, -0.1) is 5.10 Å². The average molecular weight is 337 g/mol. The smallest absolute Gasteiger partial charge is 0.338 e. The number of hydrogen-bond acceptors (Lipinski definition) is 6. The molecule has 3 aromatic rings. The molecular weight excluding hydrogens is 322 g/mol. The molecule has 0 aliphatic heterocycles. The largest absolute Gasteiger partial charge is 0.452 e. The van der Waals surface area contributed by atoms with Gasteiger partial charge in [-0.3, -0.25) is 4.79 Å². The fourth-order valence-corrected chi connectivity index (χ4v) is 2.17. The van der Waals surface area contributed by atoms with Gasteiger partial charge in [0.25, 0.3) is 5.91 Å². The van der Waals surface area contributed by atoms with Gasteiger partial charge in [-0.05, 0) is 47.2 Å². The van der Waals surface area contributed by atoms with E-state index in [0.29, 0.717) is 16.9 Å². The van der Waals surface area contributed by atoms with E-state index in [9.17, 15) is 9.59 Å². The zero-order valence-electron chi connectivity index (χ0n) is 13.4. The summed E-state index contributed by atoms with van der Waals surface area (Å²) in [6, 6.07) is 14.0. The molecule has 0 unspecified atom stereocenters. The van der Waals surface area contributed by atoms with Crippen LogP contribution in [0.1, 0.15) is 15.9 Å². The molecule has 0 bridgehead atoms. The lowest BCUT2D eigenvalue weighted by Gasteiger charge is -2.09. The van der Waals surface area contributed by atoms with E-state index in [-0.39, 0.29) is 6.61 Å². The highest BCUT2D eigenvalue weighted by atomic mass is 16.5. The molecule has 1 heterocycles. The summed E-state index contributed by atoms with van der Waals surface area (Å²) in [5, 5.41) is 13.5. The number of anilines is 1. The van der Waals surface area contributed by atoms with Crippen molar-refractivity contribution in [2.24, 2.45) is 0 Å². The van der Waals surface area contributed by atoms with Crippen LogP contribution in [0.5, 0.6) is 0 Å². The number of nitrogens with zero attached hydrogens (tertiary/aromatic N) is 4. The van der Waals surface area contributed by atoms with Crippen LogP contribution in [0.2, 0.25) is 0 Å². The Morgan fingerprint density at radius 3 is 2.76 bits per heavy atom. The molecule has 1 N–H and O–H groups in total. The standard InChI is InChI=1S/C17H15N5O3/c1-12-5-2-3-8-15(12)19-16(23)10-25-17(24)13-6-4-7-14(9-13)22-11-18-20-21-22/h2-9,11H,10H2,1H3,(H,19,23). The predicted octanol–water partition coefficient (Wildman–Crippen LogP) is 1.77. The molecule has 0 atom stereocenters. The van der Waals surface area contributed by atoms with Gasteiger partial charge in [0.1, 0.15) is 6.33 Å². The molecule has 126 valence electrons. The monoisotopic (exact) mass is 337 g/mol. The van der Waals surface area contributed by atoms with Gasteiger partial charge in [0.15, 0.2) is 6.61 Å². The van der Waals surface area contributed by atoms with Crippen molar-refractivity contribution in [1.29, 1.82) is 0 Å². The molecule has 8 nitrogen and oxygen atoms in total. The van der Waals surface area contributed by atoms with Gasteiger partial charge in [-0.1, -0.05) is 24.3 Å². The lowest BCUT2D eigenvalue weighted by atomic mass is 10.2. The number of nitrogens with one attached hydrogen (secondary N) is 1. The SMILES string of the molecule is Cc1ccccc1NC(=O)COC(=O)c1cccc(-n2cnnn2)c1. The first-order valence-corrected chi connectivity index (χ1v) is 7.49. The molecule has 0 saturated heterocycles. The summed E-state index contributed by atoms with van der Waals surface area (Å²) in [6.07, 6.45) is 1.42. The van der Waals surface area contributed by atoms with Gasteiger partial charge < -0.3 is 10.1 Å². The molecule has 3 rings (SSSR count). The highest BCUT2D eigenvalue weighted by Crippen LogP contribution is 2.13. The van der Waals surface area contributed by atoms with Gasteiger partial charge in [-0.2, -0.15) is 0 Å². The van der Waals surface area contributed by atoms with E-state index in [1.807, 2.05) is 25.1 Å². The van der Waals surface area contributed by atoms with Crippen LogP contribution in [0, 0.1) is 6.92 Å². The predicted molar refractivity (Wildman–Crippen MR) is 89.2 cm³/mol. The molecule has 0 aliphatic rings. The molecule has 0 aliphatic carbocycles. The summed E-state index contributed by atoms with van der Waals surface area (Å²) < 4.78 is 6.48. The van der Waals surface area contributed by atoms with Crippen LogP contribution in [0.25, 0.3) is 5.69 Å². The number of benzene rings is 2. The van der Waals surface area contributed by atoms with Gasteiger partial charge in [0, 0.05) is 5.69 Å². The number of rotatable bonds is 5. The molecule has 0 fully saturated rings. The zero-order valence-corrected chi connectivity index (χ0v) is 13.4. The first-order chi connectivity index (χ1) is 12.1. The summed E-state index contributed by atoms with van der Waals surface area (Å²) >= 11 is 0. The molecular formula is C17H15N5O3. The second-order valence-electron chi connectivity index (χ2n) is 5.24. The lowest BCUT2D eigenvalue weighted by molar-refractivity contribution is -0.119. The first kappa shape index (κ1) is 16.3. The fourth-order valence-electron chi connectivity index (χ4n) is 2.17. The van der Waals surface area contributed by atoms with Crippen molar-refractivity contribution in [3.05, 3.63) is 66.0 Å². The van der Waals surface area contributed by atoms with Crippen molar-refractivity contribution >= 4 is 17.6 Å². The third-order valence-corrected chi connectivity index (χ3v) is 3.45. The molecule has 0 radical (unpaired) electrons. The summed E-state index contributed by atoms with van der Waals surface area (Å²) in [7, 11) is 0. The van der Waals surface area contributed by atoms with Crippen molar-refractivity contribution in [1.82, 2.24) is 20.2 Å². The number of tetrazole rings is 1. The quantitative estimate of drug-likeness (QED) is 0.712. The van der Waals surface area contributed by atoms with E-state index in [2.05, 4.69) is 20.8 Å². The van der Waals surface area contributed by atoms with Crippen molar-refractivity contribution in [3.63, 3.8) is 0 Å². The van der Waals surface area contributed by atoms with Crippen molar-refractivity contribution in [2.45, 2.75) is 6.92 Å². The summed E-state index contributed by atoms with van der Waals surface area (Å²) in [5.74, 6) is -1.01. The van der Waals surface area contributed by atoms with Crippen LogP contribution in [0.3, 0.4) is 0 Å². The van der Waals surface area contributed by atoms with Crippen LogP contribution in [-0.2, 0) is 9.53 Å². The second-order valence-corrected chi connectivity index (χ2v) is 5.24. The van der Waals surface area contributed by atoms with Gasteiger partial charge in [0.2, 0.25) is 0 Å². The Balaban J connectivity index is 1.60. The van der Waals surface area contributed by atoms with Gasteiger partial charge >= 0.3 is 5.97 Å². The summed E-state index contributed by atoms with van der Waals surface area (Å²) in [4.78, 5) is 24.1. The minimum atomic E-state index is -0.602. The molecule has 1 amide bonds. The maximum absolute atomic E-state index is 12.1. The molecule has 0 saturated carbocycles. The van der Waals surface area contributed by atoms with Crippen molar-refractivity contribution in [2.75, 3.05) is 11.9 Å². The second kappa shape index (κ2) is 7.35. The third kappa shape index (κ3) is 4.05. The number of aromatic nitrogens is 4. The van der Waals surface area contributed by atoms with Gasteiger partial charge in [0.05, 0.1) is 11.3 Å². The summed E-state index contributed by atoms with van der Waals surface area (Å²) in [5.41, 5.74) is 2.53. The number of carbonyl (C=O) groups is 2. The van der Waals surface area contributed by atoms with Crippen LogP contribution >= 0.6 is 0 Å². The first-order valence-electron chi connectivity index (χ1n) is 7.49. The Morgan fingerprint density at radius 2 is 2.00 bits per heavy atom. The molecule has 0 spiro atoms. The van der Waals surface area contributed by atoms with E-state index in [0.717, 1.165) is 5.56 Å². The number of aryl methyl sites for hydroxylation is 1. The maximum Gasteiger partial charge on any atom is 0.338 e. The van der Waals surface area contributed by atoms with Crippen molar-refractivity contribution in [3.8, 4) is 5.69 Å². The topological polar surface area (TPSA) is 99.0 Å². The lowest BCUT2D eigenvalue weighted by Crippen LogP contribution is -2.21. The van der Waals surface area contributed by atoms with Crippen molar-refractivity contribution < 1.29 is 14.3 Å². The Morgan fingerprint density at radius 1 is 1.16 bits per heavy atom. The minimum Gasteiger partial charge on any atom is -0.452 e. The van der Waals surface area contributed by atoms with E-state index < -0.39 is 11.9 Å². The maximum atomic E-state index is 12.1. The molecule has 25 heavy (non-hydrogen) atoms. The third-order valence-electron chi connectivity index (χ3n) is 3.45.